The number of carboxylic acids is 1. The number of alkyl halides is 1. The molecule has 7 heteroatoms. The number of ketones is 3. The van der Waals surface area contributed by atoms with Crippen molar-refractivity contribution in [3.63, 3.8) is 0 Å². The molecular formula is C22H25FO6. The lowest BCUT2D eigenvalue weighted by Gasteiger charge is -2.57. The number of aliphatic carboxylic acids is 1. The first-order valence-corrected chi connectivity index (χ1v) is 10.00. The van der Waals surface area contributed by atoms with Crippen molar-refractivity contribution in [1.29, 1.82) is 0 Å². The van der Waals surface area contributed by atoms with Crippen LogP contribution >= 0.6 is 0 Å². The van der Waals surface area contributed by atoms with E-state index in [0.29, 0.717) is 12.0 Å². The third-order valence-corrected chi connectivity index (χ3v) is 8.36. The maximum Gasteiger partial charge on any atom is 0.375 e. The summed E-state index contributed by atoms with van der Waals surface area (Å²) in [5.74, 6) is -5.62. The molecule has 0 radical (unpaired) electrons. The Morgan fingerprint density at radius 1 is 1.21 bits per heavy atom. The molecule has 156 valence electrons. The average molecular weight is 404 g/mol. The van der Waals surface area contributed by atoms with Gasteiger partial charge in [-0.1, -0.05) is 26.8 Å². The Balaban J connectivity index is 1.83. The number of rotatable bonds is 2. The van der Waals surface area contributed by atoms with Gasteiger partial charge in [0.05, 0.1) is 0 Å². The molecule has 6 nitrogen and oxygen atoms in total. The molecule has 2 unspecified atom stereocenters. The van der Waals surface area contributed by atoms with Crippen molar-refractivity contribution in [3.8, 4) is 0 Å². The van der Waals surface area contributed by atoms with Crippen molar-refractivity contribution in [2.24, 2.45) is 34.5 Å². The van der Waals surface area contributed by atoms with Gasteiger partial charge in [0.15, 0.2) is 5.78 Å². The largest absolute Gasteiger partial charge is 0.475 e. The van der Waals surface area contributed by atoms with Crippen LogP contribution in [0.5, 0.6) is 0 Å². The Morgan fingerprint density at radius 2 is 1.86 bits per heavy atom. The van der Waals surface area contributed by atoms with Crippen LogP contribution in [0.2, 0.25) is 0 Å². The average Bonchev–Trinajstić information content (AvgIpc) is 2.83. The van der Waals surface area contributed by atoms with Crippen molar-refractivity contribution in [1.82, 2.24) is 0 Å². The fourth-order valence-corrected chi connectivity index (χ4v) is 7.02. The first kappa shape index (κ1) is 20.1. The summed E-state index contributed by atoms with van der Waals surface area (Å²) in [6.07, 6.45) is 3.05. The molecule has 3 fully saturated rings. The molecule has 29 heavy (non-hydrogen) atoms. The molecule has 3 saturated carbocycles. The molecule has 2 N–H and O–H groups in total. The van der Waals surface area contributed by atoms with Gasteiger partial charge in [-0.05, 0) is 48.3 Å². The number of carbonyl (C=O) groups excluding carboxylic acids is 3. The lowest BCUT2D eigenvalue weighted by molar-refractivity contribution is -0.180. The van der Waals surface area contributed by atoms with Gasteiger partial charge in [0.25, 0.3) is 5.78 Å². The molecular weight excluding hydrogens is 379 g/mol. The van der Waals surface area contributed by atoms with E-state index in [1.54, 1.807) is 26.8 Å². The predicted molar refractivity (Wildman–Crippen MR) is 99.4 cm³/mol. The molecule has 0 saturated heterocycles. The number of hydrogen-bond donors (Lipinski definition) is 2. The summed E-state index contributed by atoms with van der Waals surface area (Å²) in [7, 11) is 0. The van der Waals surface area contributed by atoms with E-state index >= 15 is 4.39 Å². The first-order valence-electron chi connectivity index (χ1n) is 10.00. The van der Waals surface area contributed by atoms with Gasteiger partial charge in [0.1, 0.15) is 17.6 Å². The van der Waals surface area contributed by atoms with Crippen LogP contribution in [0, 0.1) is 34.5 Å². The highest BCUT2D eigenvalue weighted by Crippen LogP contribution is 2.67. The maximum atomic E-state index is 15.2. The van der Waals surface area contributed by atoms with E-state index in [9.17, 15) is 29.4 Å². The zero-order chi connectivity index (χ0) is 21.5. The second-order valence-electron chi connectivity index (χ2n) is 9.67. The third-order valence-electron chi connectivity index (χ3n) is 8.36. The van der Waals surface area contributed by atoms with E-state index in [2.05, 4.69) is 0 Å². The van der Waals surface area contributed by atoms with Crippen LogP contribution in [0.3, 0.4) is 0 Å². The van der Waals surface area contributed by atoms with Gasteiger partial charge in [-0.15, -0.1) is 0 Å². The molecule has 0 aromatic carbocycles. The van der Waals surface area contributed by atoms with E-state index < -0.39 is 52.1 Å². The zero-order valence-corrected chi connectivity index (χ0v) is 16.6. The van der Waals surface area contributed by atoms with Crippen molar-refractivity contribution in [2.45, 2.75) is 51.8 Å². The van der Waals surface area contributed by atoms with Gasteiger partial charge in [-0.25, -0.2) is 9.18 Å². The highest BCUT2D eigenvalue weighted by atomic mass is 19.1. The molecule has 4 aliphatic carbocycles. The summed E-state index contributed by atoms with van der Waals surface area (Å²) in [6.45, 7) is 4.97. The number of allylic oxidation sites excluding steroid dienone is 4. The Kier molecular flexibility index (Phi) is 4.12. The highest BCUT2D eigenvalue weighted by Gasteiger charge is 2.72. The Bertz CT molecular complexity index is 905. The van der Waals surface area contributed by atoms with Crippen LogP contribution in [-0.2, 0) is 19.2 Å². The summed E-state index contributed by atoms with van der Waals surface area (Å²) >= 11 is 0. The molecule has 4 aliphatic rings. The number of halogens is 1. The first-order chi connectivity index (χ1) is 13.4. The molecule has 0 amide bonds. The number of carbonyl (C=O) groups is 4. The van der Waals surface area contributed by atoms with Crippen LogP contribution in [0.1, 0.15) is 40.0 Å². The van der Waals surface area contributed by atoms with Gasteiger partial charge < -0.3 is 10.2 Å². The van der Waals surface area contributed by atoms with Crippen LogP contribution in [-0.4, -0.2) is 45.3 Å². The number of hydrogen-bond acceptors (Lipinski definition) is 5. The lowest BCUT2D eigenvalue weighted by atomic mass is 9.46. The van der Waals surface area contributed by atoms with Crippen molar-refractivity contribution in [3.05, 3.63) is 23.8 Å². The molecule has 0 heterocycles. The van der Waals surface area contributed by atoms with Gasteiger partial charge >= 0.3 is 5.97 Å². The maximum absolute atomic E-state index is 15.2. The van der Waals surface area contributed by atoms with Crippen molar-refractivity contribution >= 4 is 23.3 Å². The van der Waals surface area contributed by atoms with E-state index in [0.717, 1.165) is 0 Å². The van der Waals surface area contributed by atoms with Gasteiger partial charge in [0.2, 0.25) is 0 Å². The normalized spacial score (nSPS) is 48.4. The zero-order valence-electron chi connectivity index (χ0n) is 16.6. The second kappa shape index (κ2) is 5.94. The summed E-state index contributed by atoms with van der Waals surface area (Å²) in [5.41, 5.74) is -4.07. The second-order valence-corrected chi connectivity index (χ2v) is 9.67. The molecule has 0 aromatic rings. The summed E-state index contributed by atoms with van der Waals surface area (Å²) in [6, 6.07) is 0. The van der Waals surface area contributed by atoms with E-state index in [1.807, 2.05) is 0 Å². The highest BCUT2D eigenvalue weighted by molar-refractivity contribution is 6.36. The Labute approximate surface area is 167 Å². The molecule has 8 atom stereocenters. The smallest absolute Gasteiger partial charge is 0.375 e. The fraction of sp³-hybridized carbons (Fsp3) is 0.636. The van der Waals surface area contributed by atoms with E-state index in [-0.39, 0.29) is 30.3 Å². The monoisotopic (exact) mass is 404 g/mol. The summed E-state index contributed by atoms with van der Waals surface area (Å²) in [4.78, 5) is 49.1. The SMILES string of the molecule is CC1C[C@H]2[C@@H]3CC(F)C4=CC(=O)C=C[C@]4(C)[C@H]3C(=O)C[C@]2(C)[C@@]1(O)C(=O)C(=O)O. The minimum absolute atomic E-state index is 0.0171. The predicted octanol–water partition coefficient (Wildman–Crippen LogP) is 2.05. The summed E-state index contributed by atoms with van der Waals surface area (Å²) in [5, 5.41) is 20.6. The number of carboxylic acid groups (broad SMARTS) is 1. The Morgan fingerprint density at radius 3 is 2.48 bits per heavy atom. The molecule has 0 aliphatic heterocycles. The van der Waals surface area contributed by atoms with E-state index in [1.165, 1.54) is 12.2 Å². The third kappa shape index (κ3) is 2.31. The minimum Gasteiger partial charge on any atom is -0.475 e. The fourth-order valence-electron chi connectivity index (χ4n) is 7.02. The molecule has 0 bridgehead atoms. The lowest BCUT2D eigenvalue weighted by Crippen LogP contribution is -2.63. The summed E-state index contributed by atoms with van der Waals surface area (Å²) < 4.78 is 15.2. The molecule has 0 spiro atoms. The van der Waals surface area contributed by atoms with Crippen LogP contribution in [0.15, 0.2) is 23.8 Å². The Hall–Kier alpha value is -2.15. The van der Waals surface area contributed by atoms with Gasteiger partial charge in [-0.3, -0.25) is 14.4 Å². The van der Waals surface area contributed by atoms with Crippen LogP contribution in [0.4, 0.5) is 4.39 Å². The van der Waals surface area contributed by atoms with Crippen molar-refractivity contribution in [2.75, 3.05) is 0 Å². The van der Waals surface area contributed by atoms with E-state index in [4.69, 9.17) is 0 Å². The van der Waals surface area contributed by atoms with Gasteiger partial charge in [0, 0.05) is 23.2 Å². The van der Waals surface area contributed by atoms with Crippen molar-refractivity contribution < 1.29 is 33.8 Å². The van der Waals surface area contributed by atoms with Gasteiger partial charge in [-0.2, -0.15) is 0 Å². The topological polar surface area (TPSA) is 109 Å². The number of Topliss-reactive ketones (excluding diaryl/α,β-unsaturated/α-hetero) is 2. The minimum atomic E-state index is -2.18. The number of fused-ring (bicyclic) bond motifs is 5. The van der Waals surface area contributed by atoms with Crippen LogP contribution < -0.4 is 0 Å². The molecule has 4 rings (SSSR count). The quantitative estimate of drug-likeness (QED) is 0.682. The van der Waals surface area contributed by atoms with Crippen LogP contribution in [0.25, 0.3) is 0 Å². The number of aliphatic hydroxyl groups is 1. The standard InChI is InChI=1S/C22H25FO6/c1-10-6-13-12-8-15(23)14-7-11(24)4-5-20(14,2)17(12)16(25)9-21(13,3)22(10,29)18(26)19(27)28/h4-5,7,10,12-13,15,17,29H,6,8-9H2,1-3H3,(H,27,28)/t10?,12-,13-,15?,17+,20-,21-,22-/m0/s1. The molecule has 0 aromatic heterocycles.